The van der Waals surface area contributed by atoms with Crippen molar-refractivity contribution in [3.05, 3.63) is 68.5 Å². The molecular formula is C24H24N2O4S2. The minimum absolute atomic E-state index is 0.0300. The molecule has 0 radical (unpaired) electrons. The number of ether oxygens (including phenoxy) is 2. The second-order valence-corrected chi connectivity index (χ2v) is 10.1. The number of hydrogen-bond donors (Lipinski definition) is 0. The van der Waals surface area contributed by atoms with Crippen molar-refractivity contribution in [1.29, 1.82) is 0 Å². The van der Waals surface area contributed by atoms with E-state index in [1.807, 2.05) is 58.1 Å². The Labute approximate surface area is 195 Å². The zero-order valence-corrected chi connectivity index (χ0v) is 19.2. The maximum absolute atomic E-state index is 13.4. The van der Waals surface area contributed by atoms with Crippen LogP contribution in [-0.4, -0.2) is 41.0 Å². The van der Waals surface area contributed by atoms with Crippen LogP contribution >= 0.6 is 22.7 Å². The zero-order valence-electron chi connectivity index (χ0n) is 17.6. The lowest BCUT2D eigenvalue weighted by molar-refractivity contribution is -0.141. The molecule has 2 amide bonds. The highest BCUT2D eigenvalue weighted by molar-refractivity contribution is 7.10. The van der Waals surface area contributed by atoms with Crippen LogP contribution in [0, 0.1) is 0 Å². The van der Waals surface area contributed by atoms with Gasteiger partial charge in [0.1, 0.15) is 6.54 Å². The quantitative estimate of drug-likeness (QED) is 0.470. The number of rotatable bonds is 9. The van der Waals surface area contributed by atoms with E-state index in [2.05, 4.69) is 0 Å². The summed E-state index contributed by atoms with van der Waals surface area (Å²) in [7, 11) is 0. The van der Waals surface area contributed by atoms with Gasteiger partial charge in [0.25, 0.3) is 0 Å². The van der Waals surface area contributed by atoms with E-state index in [1.54, 1.807) is 27.6 Å². The van der Waals surface area contributed by atoms with Crippen molar-refractivity contribution in [3.63, 3.8) is 0 Å². The number of benzene rings is 1. The smallest absolute Gasteiger partial charge is 0.242 e. The molecule has 1 fully saturated rings. The van der Waals surface area contributed by atoms with Gasteiger partial charge in [-0.25, -0.2) is 0 Å². The minimum atomic E-state index is -0.0394. The molecule has 0 bridgehead atoms. The van der Waals surface area contributed by atoms with Crippen molar-refractivity contribution in [1.82, 2.24) is 9.80 Å². The molecule has 0 atom stereocenters. The molecule has 0 N–H and O–H groups in total. The number of thiophene rings is 2. The van der Waals surface area contributed by atoms with Crippen molar-refractivity contribution >= 4 is 34.5 Å². The van der Waals surface area contributed by atoms with E-state index >= 15 is 0 Å². The molecule has 1 saturated carbocycles. The number of hydrogen-bond acceptors (Lipinski definition) is 6. The monoisotopic (exact) mass is 468 g/mol. The van der Waals surface area contributed by atoms with Crippen LogP contribution in [0.15, 0.2) is 53.2 Å². The van der Waals surface area contributed by atoms with Gasteiger partial charge in [0.2, 0.25) is 18.6 Å². The number of nitrogens with zero attached hydrogens (tertiary/aromatic N) is 2. The van der Waals surface area contributed by atoms with Crippen LogP contribution in [0.4, 0.5) is 0 Å². The molecule has 1 aliphatic heterocycles. The van der Waals surface area contributed by atoms with Crippen LogP contribution in [-0.2, 0) is 29.1 Å². The number of carbonyl (C=O) groups excluding carboxylic acids is 2. The summed E-state index contributed by atoms with van der Waals surface area (Å²) in [6.45, 7) is 1.30. The lowest BCUT2D eigenvalue weighted by atomic mass is 10.2. The SMILES string of the molecule is O=C(CN(C(=O)Cc1cccs1)C1CC1)N(Cc1ccc2c(c1)OCO2)Cc1cccs1. The highest BCUT2D eigenvalue weighted by atomic mass is 32.1. The van der Waals surface area contributed by atoms with E-state index in [1.165, 1.54) is 0 Å². The molecule has 1 aliphatic carbocycles. The Balaban J connectivity index is 1.31. The lowest BCUT2D eigenvalue weighted by Gasteiger charge is -2.28. The van der Waals surface area contributed by atoms with Gasteiger partial charge in [0.05, 0.1) is 13.0 Å². The molecule has 0 saturated heterocycles. The molecule has 32 heavy (non-hydrogen) atoms. The first-order valence-electron chi connectivity index (χ1n) is 10.7. The maximum Gasteiger partial charge on any atom is 0.242 e. The molecule has 166 valence electrons. The second kappa shape index (κ2) is 9.34. The van der Waals surface area contributed by atoms with Gasteiger partial charge in [0.15, 0.2) is 11.5 Å². The summed E-state index contributed by atoms with van der Waals surface area (Å²) in [6.07, 6.45) is 2.29. The lowest BCUT2D eigenvalue weighted by Crippen LogP contribution is -2.44. The Morgan fingerprint density at radius 1 is 0.906 bits per heavy atom. The summed E-state index contributed by atoms with van der Waals surface area (Å²) in [5, 5.41) is 3.99. The highest BCUT2D eigenvalue weighted by Gasteiger charge is 2.35. The van der Waals surface area contributed by atoms with Crippen molar-refractivity contribution < 1.29 is 19.1 Å². The van der Waals surface area contributed by atoms with Crippen LogP contribution < -0.4 is 9.47 Å². The summed E-state index contributed by atoms with van der Waals surface area (Å²) < 4.78 is 10.9. The Hall–Kier alpha value is -2.84. The number of amides is 2. The van der Waals surface area contributed by atoms with Crippen LogP contribution in [0.2, 0.25) is 0 Å². The molecule has 5 rings (SSSR count). The third kappa shape index (κ3) is 4.97. The molecule has 2 aromatic heterocycles. The predicted octanol–water partition coefficient (Wildman–Crippen LogP) is 4.30. The van der Waals surface area contributed by atoms with E-state index in [-0.39, 0.29) is 31.2 Å². The second-order valence-electron chi connectivity index (χ2n) is 8.03. The average Bonchev–Trinajstić information content (AvgIpc) is 3.17. The Kier molecular flexibility index (Phi) is 6.14. The van der Waals surface area contributed by atoms with Crippen molar-refractivity contribution in [3.8, 4) is 11.5 Å². The van der Waals surface area contributed by atoms with Gasteiger partial charge in [-0.15, -0.1) is 22.7 Å². The zero-order chi connectivity index (χ0) is 21.9. The van der Waals surface area contributed by atoms with Crippen LogP contribution in [0.3, 0.4) is 0 Å². The first kappa shape index (κ1) is 21.0. The third-order valence-electron chi connectivity index (χ3n) is 5.61. The molecule has 0 spiro atoms. The van der Waals surface area contributed by atoms with E-state index in [9.17, 15) is 9.59 Å². The average molecular weight is 469 g/mol. The predicted molar refractivity (Wildman–Crippen MR) is 124 cm³/mol. The molecule has 0 unspecified atom stereocenters. The first-order valence-corrected chi connectivity index (χ1v) is 12.4. The van der Waals surface area contributed by atoms with Gasteiger partial charge in [0, 0.05) is 22.3 Å². The molecule has 6 nitrogen and oxygen atoms in total. The molecule has 3 aromatic rings. The van der Waals surface area contributed by atoms with Crippen LogP contribution in [0.5, 0.6) is 11.5 Å². The Morgan fingerprint density at radius 2 is 1.66 bits per heavy atom. The van der Waals surface area contributed by atoms with Gasteiger partial charge in [-0.2, -0.15) is 0 Å². The molecule has 3 heterocycles. The fourth-order valence-electron chi connectivity index (χ4n) is 3.80. The summed E-state index contributed by atoms with van der Waals surface area (Å²) in [5.41, 5.74) is 0.974. The van der Waals surface area contributed by atoms with Gasteiger partial charge in [-0.05, 0) is 53.4 Å². The minimum Gasteiger partial charge on any atom is -0.454 e. The molecule has 8 heteroatoms. The van der Waals surface area contributed by atoms with Crippen LogP contribution in [0.25, 0.3) is 0 Å². The van der Waals surface area contributed by atoms with Gasteiger partial charge in [-0.1, -0.05) is 18.2 Å². The van der Waals surface area contributed by atoms with E-state index in [4.69, 9.17) is 9.47 Å². The van der Waals surface area contributed by atoms with Gasteiger partial charge in [-0.3, -0.25) is 9.59 Å². The number of carbonyl (C=O) groups is 2. The van der Waals surface area contributed by atoms with Gasteiger partial charge >= 0.3 is 0 Å². The summed E-state index contributed by atoms with van der Waals surface area (Å²) in [4.78, 5) is 32.2. The van der Waals surface area contributed by atoms with Crippen molar-refractivity contribution in [2.45, 2.75) is 38.4 Å². The first-order chi connectivity index (χ1) is 15.7. The normalized spacial score (nSPS) is 14.4. The van der Waals surface area contributed by atoms with Crippen molar-refractivity contribution in [2.75, 3.05) is 13.3 Å². The Morgan fingerprint density at radius 3 is 2.38 bits per heavy atom. The maximum atomic E-state index is 13.4. The standard InChI is InChI=1S/C24H24N2O4S2/c27-23(12-19-3-1-9-31-19)26(18-6-7-18)15-24(28)25(14-20-4-2-10-32-20)13-17-5-8-21-22(11-17)30-16-29-21/h1-5,8-11,18H,6-7,12-16H2. The molecule has 2 aliphatic rings. The summed E-state index contributed by atoms with van der Waals surface area (Å²) >= 11 is 3.20. The van der Waals surface area contributed by atoms with Crippen LogP contribution in [0.1, 0.15) is 28.2 Å². The highest BCUT2D eigenvalue weighted by Crippen LogP contribution is 2.33. The largest absolute Gasteiger partial charge is 0.454 e. The van der Waals surface area contributed by atoms with E-state index in [0.29, 0.717) is 25.3 Å². The van der Waals surface area contributed by atoms with E-state index in [0.717, 1.165) is 33.9 Å². The molecular weight excluding hydrogens is 444 g/mol. The Bertz CT molecular complexity index is 1080. The summed E-state index contributed by atoms with van der Waals surface area (Å²) in [6, 6.07) is 13.9. The summed E-state index contributed by atoms with van der Waals surface area (Å²) in [5.74, 6) is 1.42. The fourth-order valence-corrected chi connectivity index (χ4v) is 5.21. The fraction of sp³-hybridized carbons (Fsp3) is 0.333. The molecule has 1 aromatic carbocycles. The van der Waals surface area contributed by atoms with Gasteiger partial charge < -0.3 is 19.3 Å². The topological polar surface area (TPSA) is 59.1 Å². The number of fused-ring (bicyclic) bond motifs is 1. The third-order valence-corrected chi connectivity index (χ3v) is 7.35. The van der Waals surface area contributed by atoms with E-state index < -0.39 is 0 Å². The van der Waals surface area contributed by atoms with Crippen molar-refractivity contribution in [2.24, 2.45) is 0 Å².